The fraction of sp³-hybridized carbons (Fsp3) is 0.455. The van der Waals surface area contributed by atoms with Gasteiger partial charge in [-0.1, -0.05) is 18.2 Å². The lowest BCUT2D eigenvalue weighted by molar-refractivity contribution is 0.0331. The van der Waals surface area contributed by atoms with Crippen molar-refractivity contribution in [1.82, 2.24) is 14.9 Å². The van der Waals surface area contributed by atoms with Crippen molar-refractivity contribution in [3.63, 3.8) is 0 Å². The summed E-state index contributed by atoms with van der Waals surface area (Å²) in [6.07, 6.45) is 4.66. The largest absolute Gasteiger partial charge is 0.379 e. The lowest BCUT2D eigenvalue weighted by atomic mass is 9.97. The number of anilines is 1. The van der Waals surface area contributed by atoms with Crippen LogP contribution in [0.5, 0.6) is 0 Å². The summed E-state index contributed by atoms with van der Waals surface area (Å²) in [6.45, 7) is 4.46. The normalized spacial score (nSPS) is 17.4. The van der Waals surface area contributed by atoms with Crippen LogP contribution in [0.25, 0.3) is 10.2 Å². The van der Waals surface area contributed by atoms with Gasteiger partial charge in [0.05, 0.1) is 25.1 Å². The first kappa shape index (κ1) is 18.9. The van der Waals surface area contributed by atoms with Crippen LogP contribution in [0.15, 0.2) is 24.3 Å². The highest BCUT2D eigenvalue weighted by Crippen LogP contribution is 2.38. The molecule has 7 heteroatoms. The van der Waals surface area contributed by atoms with Crippen molar-refractivity contribution in [1.29, 1.82) is 0 Å². The van der Waals surface area contributed by atoms with E-state index in [9.17, 15) is 4.39 Å². The van der Waals surface area contributed by atoms with Gasteiger partial charge in [-0.3, -0.25) is 4.90 Å². The predicted molar refractivity (Wildman–Crippen MR) is 114 cm³/mol. The number of nitrogens with zero attached hydrogens (tertiary/aromatic N) is 3. The van der Waals surface area contributed by atoms with Crippen molar-refractivity contribution in [2.45, 2.75) is 38.8 Å². The third-order valence-electron chi connectivity index (χ3n) is 5.73. The van der Waals surface area contributed by atoms with Crippen LogP contribution in [0.1, 0.15) is 34.7 Å². The zero-order valence-electron chi connectivity index (χ0n) is 16.4. The topological polar surface area (TPSA) is 50.3 Å². The number of benzene rings is 1. The molecule has 0 radical (unpaired) electrons. The van der Waals surface area contributed by atoms with E-state index in [0.29, 0.717) is 12.1 Å². The number of nitrogens with one attached hydrogen (secondary N) is 1. The third-order valence-corrected chi connectivity index (χ3v) is 6.92. The fourth-order valence-electron chi connectivity index (χ4n) is 4.18. The molecule has 0 saturated carbocycles. The molecule has 2 aliphatic rings. The molecule has 0 atom stereocenters. The van der Waals surface area contributed by atoms with Crippen molar-refractivity contribution < 1.29 is 9.13 Å². The Morgan fingerprint density at radius 1 is 1.10 bits per heavy atom. The summed E-state index contributed by atoms with van der Waals surface area (Å²) >= 11 is 1.81. The molecule has 5 nitrogen and oxygen atoms in total. The van der Waals surface area contributed by atoms with E-state index in [4.69, 9.17) is 14.7 Å². The van der Waals surface area contributed by atoms with E-state index in [1.54, 1.807) is 17.4 Å². The van der Waals surface area contributed by atoms with Crippen LogP contribution in [-0.2, 0) is 30.7 Å². The number of rotatable bonds is 5. The Labute approximate surface area is 173 Å². The number of fused-ring (bicyclic) bond motifs is 3. The molecule has 0 spiro atoms. The number of aromatic nitrogens is 2. The summed E-state index contributed by atoms with van der Waals surface area (Å²) in [5.74, 6) is 1.49. The fourth-order valence-corrected chi connectivity index (χ4v) is 5.46. The number of hydrogen-bond acceptors (Lipinski definition) is 6. The zero-order valence-corrected chi connectivity index (χ0v) is 17.2. The summed E-state index contributed by atoms with van der Waals surface area (Å²) in [6, 6.07) is 6.91. The molecule has 1 N–H and O–H groups in total. The van der Waals surface area contributed by atoms with E-state index >= 15 is 0 Å². The predicted octanol–water partition coefficient (Wildman–Crippen LogP) is 4.15. The van der Waals surface area contributed by atoms with Gasteiger partial charge in [0.25, 0.3) is 0 Å². The first-order valence-corrected chi connectivity index (χ1v) is 11.2. The molecule has 3 aromatic rings. The molecule has 5 rings (SSSR count). The van der Waals surface area contributed by atoms with Crippen molar-refractivity contribution in [2.75, 3.05) is 31.6 Å². The van der Waals surface area contributed by atoms with E-state index in [1.807, 2.05) is 12.1 Å². The minimum atomic E-state index is -0.189. The lowest BCUT2D eigenvalue weighted by Crippen LogP contribution is -2.36. The smallest absolute Gasteiger partial charge is 0.146 e. The first-order chi connectivity index (χ1) is 14.3. The summed E-state index contributed by atoms with van der Waals surface area (Å²) in [5, 5.41) is 4.58. The molecule has 2 aromatic heterocycles. The number of ether oxygens (including phenoxy) is 1. The molecule has 3 heterocycles. The summed E-state index contributed by atoms with van der Waals surface area (Å²) in [5.41, 5.74) is 2.04. The molecule has 1 saturated heterocycles. The quantitative estimate of drug-likeness (QED) is 0.682. The van der Waals surface area contributed by atoms with Gasteiger partial charge in [0.1, 0.15) is 22.3 Å². The second kappa shape index (κ2) is 8.34. The molecule has 0 bridgehead atoms. The maximum absolute atomic E-state index is 14.1. The minimum absolute atomic E-state index is 0.189. The van der Waals surface area contributed by atoms with E-state index in [1.165, 1.54) is 29.3 Å². The molecule has 1 aromatic carbocycles. The van der Waals surface area contributed by atoms with Crippen LogP contribution < -0.4 is 5.32 Å². The van der Waals surface area contributed by atoms with E-state index in [-0.39, 0.29) is 5.82 Å². The van der Waals surface area contributed by atoms with Gasteiger partial charge >= 0.3 is 0 Å². The Balaban J connectivity index is 1.49. The van der Waals surface area contributed by atoms with E-state index in [2.05, 4.69) is 10.2 Å². The van der Waals surface area contributed by atoms with Crippen LogP contribution >= 0.6 is 11.3 Å². The molecule has 1 fully saturated rings. The Morgan fingerprint density at radius 3 is 2.79 bits per heavy atom. The Bertz CT molecular complexity index is 1020. The number of halogens is 1. The zero-order chi connectivity index (χ0) is 19.6. The van der Waals surface area contributed by atoms with Crippen molar-refractivity contribution in [3.05, 3.63) is 51.9 Å². The molecule has 29 heavy (non-hydrogen) atoms. The molecule has 152 valence electrons. The van der Waals surface area contributed by atoms with Crippen LogP contribution in [0.3, 0.4) is 0 Å². The monoisotopic (exact) mass is 412 g/mol. The second-order valence-corrected chi connectivity index (χ2v) is 8.80. The van der Waals surface area contributed by atoms with Gasteiger partial charge in [-0.2, -0.15) is 0 Å². The Kier molecular flexibility index (Phi) is 5.44. The van der Waals surface area contributed by atoms with Crippen LogP contribution in [0.2, 0.25) is 0 Å². The number of hydrogen-bond donors (Lipinski definition) is 1. The van der Waals surface area contributed by atoms with Crippen LogP contribution in [0.4, 0.5) is 10.2 Å². The number of aryl methyl sites for hydroxylation is 2. The molecule has 0 amide bonds. The molecule has 0 unspecified atom stereocenters. The highest BCUT2D eigenvalue weighted by molar-refractivity contribution is 7.19. The Morgan fingerprint density at radius 2 is 1.93 bits per heavy atom. The van der Waals surface area contributed by atoms with Gasteiger partial charge in [-0.25, -0.2) is 14.4 Å². The van der Waals surface area contributed by atoms with Gasteiger partial charge in [-0.05, 0) is 37.3 Å². The standard InChI is InChI=1S/C22H25FN4OS/c23-17-7-3-1-5-15(17)13-24-21-20-16-6-2-4-8-18(16)29-22(20)26-19(25-21)14-27-9-11-28-12-10-27/h1,3,5,7H,2,4,6,8-14H2,(H,24,25,26). The summed E-state index contributed by atoms with van der Waals surface area (Å²) in [7, 11) is 0. The third kappa shape index (κ3) is 3.99. The molecule has 1 aliphatic carbocycles. The lowest BCUT2D eigenvalue weighted by Gasteiger charge is -2.25. The van der Waals surface area contributed by atoms with E-state index in [0.717, 1.165) is 67.5 Å². The first-order valence-electron chi connectivity index (χ1n) is 10.4. The highest BCUT2D eigenvalue weighted by atomic mass is 32.1. The maximum Gasteiger partial charge on any atom is 0.146 e. The van der Waals surface area contributed by atoms with Gasteiger partial charge < -0.3 is 10.1 Å². The SMILES string of the molecule is Fc1ccccc1CNc1nc(CN2CCOCC2)nc2sc3c(c12)CCCC3. The van der Waals surface area contributed by atoms with Crippen molar-refractivity contribution in [3.8, 4) is 0 Å². The van der Waals surface area contributed by atoms with E-state index < -0.39 is 0 Å². The minimum Gasteiger partial charge on any atom is -0.379 e. The van der Waals surface area contributed by atoms with Gasteiger partial charge in [0.2, 0.25) is 0 Å². The van der Waals surface area contributed by atoms with Gasteiger partial charge in [0, 0.05) is 30.1 Å². The van der Waals surface area contributed by atoms with Crippen LogP contribution in [0, 0.1) is 5.82 Å². The maximum atomic E-state index is 14.1. The number of thiophene rings is 1. The van der Waals surface area contributed by atoms with Gasteiger partial charge in [-0.15, -0.1) is 11.3 Å². The van der Waals surface area contributed by atoms with Crippen molar-refractivity contribution >= 4 is 27.4 Å². The summed E-state index contributed by atoms with van der Waals surface area (Å²) in [4.78, 5) is 14.7. The molecule has 1 aliphatic heterocycles. The van der Waals surface area contributed by atoms with Gasteiger partial charge in [0.15, 0.2) is 0 Å². The van der Waals surface area contributed by atoms with Crippen LogP contribution in [-0.4, -0.2) is 41.2 Å². The summed E-state index contributed by atoms with van der Waals surface area (Å²) < 4.78 is 19.6. The average molecular weight is 413 g/mol. The highest BCUT2D eigenvalue weighted by Gasteiger charge is 2.22. The average Bonchev–Trinajstić information content (AvgIpc) is 3.12. The molecular formula is C22H25FN4OS. The number of morpholine rings is 1. The molecular weight excluding hydrogens is 387 g/mol. The Hall–Kier alpha value is -2.09. The van der Waals surface area contributed by atoms with Crippen molar-refractivity contribution in [2.24, 2.45) is 0 Å². The second-order valence-electron chi connectivity index (χ2n) is 7.71.